The summed E-state index contributed by atoms with van der Waals surface area (Å²) >= 11 is 7.57. The number of halogens is 1. The molecule has 4 aromatic rings. The van der Waals surface area contributed by atoms with E-state index in [-0.39, 0.29) is 12.1 Å². The highest BCUT2D eigenvalue weighted by atomic mass is 35.5. The number of carbonyl (C=O) groups excluding carboxylic acids is 1. The number of fused-ring (bicyclic) bond motifs is 1. The Morgan fingerprint density at radius 2 is 1.94 bits per heavy atom. The van der Waals surface area contributed by atoms with Crippen molar-refractivity contribution in [2.24, 2.45) is 5.73 Å². The van der Waals surface area contributed by atoms with Crippen LogP contribution in [0.2, 0.25) is 5.02 Å². The summed E-state index contributed by atoms with van der Waals surface area (Å²) in [4.78, 5) is 27.6. The van der Waals surface area contributed by atoms with Crippen LogP contribution in [-0.4, -0.2) is 33.9 Å². The Kier molecular flexibility index (Phi) is 7.39. The van der Waals surface area contributed by atoms with Gasteiger partial charge in [-0.15, -0.1) is 11.3 Å². The molecule has 0 aliphatic heterocycles. The van der Waals surface area contributed by atoms with Crippen molar-refractivity contribution in [1.82, 2.24) is 14.7 Å². The zero-order chi connectivity index (χ0) is 23.2. The number of carbonyl (C=O) groups is 1. The Morgan fingerprint density at radius 1 is 1.12 bits per heavy atom. The highest BCUT2D eigenvalue weighted by Crippen LogP contribution is 2.23. The monoisotopic (exact) mass is 482 g/mol. The number of aromatic nitrogens is 2. The van der Waals surface area contributed by atoms with Crippen LogP contribution < -0.4 is 16.0 Å². The third-order valence-electron chi connectivity index (χ3n) is 5.09. The summed E-state index contributed by atoms with van der Waals surface area (Å²) in [7, 11) is 0. The van der Waals surface area contributed by atoms with Crippen molar-refractivity contribution < 1.29 is 9.53 Å². The van der Waals surface area contributed by atoms with E-state index < -0.39 is 6.09 Å². The lowest BCUT2D eigenvalue weighted by molar-refractivity contribution is 0.149. The Hall–Kier alpha value is -3.20. The van der Waals surface area contributed by atoms with Crippen LogP contribution in [0.5, 0.6) is 5.06 Å². The average molecular weight is 483 g/mol. The fourth-order valence-corrected chi connectivity index (χ4v) is 4.22. The summed E-state index contributed by atoms with van der Waals surface area (Å²) in [5, 5.41) is 8.56. The van der Waals surface area contributed by atoms with Crippen LogP contribution in [-0.2, 0) is 13.1 Å². The van der Waals surface area contributed by atoms with E-state index in [4.69, 9.17) is 22.1 Å². The van der Waals surface area contributed by atoms with Gasteiger partial charge in [-0.3, -0.25) is 4.79 Å². The minimum atomic E-state index is -0.497. The number of rotatable bonds is 8. The number of hydrogen-bond acceptors (Lipinski definition) is 6. The van der Waals surface area contributed by atoms with E-state index in [1.807, 2.05) is 41.8 Å². The van der Waals surface area contributed by atoms with E-state index >= 15 is 0 Å². The fourth-order valence-electron chi connectivity index (χ4n) is 3.48. The molecular formula is C24H23ClN4O3S. The lowest BCUT2D eigenvalue weighted by Crippen LogP contribution is -2.36. The summed E-state index contributed by atoms with van der Waals surface area (Å²) in [5.74, 6) is 0. The smallest absolute Gasteiger partial charge is 0.399 e. The van der Waals surface area contributed by atoms with E-state index in [1.165, 1.54) is 16.0 Å². The van der Waals surface area contributed by atoms with E-state index in [0.717, 1.165) is 5.56 Å². The van der Waals surface area contributed by atoms with Crippen molar-refractivity contribution in [2.45, 2.75) is 19.5 Å². The van der Waals surface area contributed by atoms with Crippen LogP contribution in [0.4, 0.5) is 4.79 Å². The Bertz CT molecular complexity index is 1290. The standard InChI is InChI=1S/C24H23ClN4O3S/c25-18-9-10-19-20(14-18)21(27-29(23(19)30)15-17-6-2-1-3-7-17)16-28(12-5-11-26)24(31)32-22-8-4-13-33-22/h1-4,6-10,13-14H,5,11-12,15-16,26H2. The molecule has 0 atom stereocenters. The second-order valence-electron chi connectivity index (χ2n) is 7.45. The summed E-state index contributed by atoms with van der Waals surface area (Å²) in [5.41, 5.74) is 6.98. The Labute approximate surface area is 200 Å². The predicted molar refractivity (Wildman–Crippen MR) is 131 cm³/mol. The molecule has 1 amide bonds. The summed E-state index contributed by atoms with van der Waals surface area (Å²) in [6.45, 7) is 1.28. The topological polar surface area (TPSA) is 90.5 Å². The molecule has 2 aromatic carbocycles. The Balaban J connectivity index is 1.73. The fraction of sp³-hybridized carbons (Fsp3) is 0.208. The van der Waals surface area contributed by atoms with Crippen molar-refractivity contribution in [3.05, 3.63) is 92.7 Å². The van der Waals surface area contributed by atoms with Gasteiger partial charge < -0.3 is 15.4 Å². The van der Waals surface area contributed by atoms with Gasteiger partial charge in [0.1, 0.15) is 0 Å². The van der Waals surface area contributed by atoms with E-state index in [2.05, 4.69) is 5.10 Å². The number of ether oxygens (including phenoxy) is 1. The SMILES string of the molecule is NCCCN(Cc1nn(Cc2ccccc2)c(=O)c2ccc(Cl)cc12)C(=O)Oc1cccs1. The lowest BCUT2D eigenvalue weighted by Gasteiger charge is -2.22. The summed E-state index contributed by atoms with van der Waals surface area (Å²) in [6, 6.07) is 18.2. The van der Waals surface area contributed by atoms with Gasteiger partial charge in [0.2, 0.25) is 0 Å². The molecule has 0 saturated carbocycles. The van der Waals surface area contributed by atoms with E-state index in [9.17, 15) is 9.59 Å². The maximum atomic E-state index is 13.1. The maximum Gasteiger partial charge on any atom is 0.416 e. The largest absolute Gasteiger partial charge is 0.416 e. The Morgan fingerprint density at radius 3 is 2.67 bits per heavy atom. The van der Waals surface area contributed by atoms with Gasteiger partial charge in [0.15, 0.2) is 5.06 Å². The van der Waals surface area contributed by atoms with Gasteiger partial charge in [0.05, 0.1) is 24.2 Å². The maximum absolute atomic E-state index is 13.1. The molecule has 170 valence electrons. The minimum Gasteiger partial charge on any atom is -0.399 e. The van der Waals surface area contributed by atoms with Crippen molar-refractivity contribution in [3.8, 4) is 5.06 Å². The molecular weight excluding hydrogens is 460 g/mol. The normalized spacial score (nSPS) is 11.0. The molecule has 0 aliphatic rings. The molecule has 0 bridgehead atoms. The number of benzene rings is 2. The van der Waals surface area contributed by atoms with Crippen molar-refractivity contribution in [3.63, 3.8) is 0 Å². The van der Waals surface area contributed by atoms with E-state index in [0.29, 0.717) is 52.6 Å². The highest BCUT2D eigenvalue weighted by Gasteiger charge is 2.20. The second-order valence-corrected chi connectivity index (χ2v) is 8.80. The molecule has 0 spiro atoms. The van der Waals surface area contributed by atoms with Crippen molar-refractivity contribution in [2.75, 3.05) is 13.1 Å². The van der Waals surface area contributed by atoms with Crippen LogP contribution in [0.15, 0.2) is 70.8 Å². The van der Waals surface area contributed by atoms with Gasteiger partial charge in [-0.1, -0.05) is 41.9 Å². The molecule has 2 aromatic heterocycles. The first-order valence-corrected chi connectivity index (χ1v) is 11.7. The first-order valence-electron chi connectivity index (χ1n) is 10.5. The molecule has 0 radical (unpaired) electrons. The minimum absolute atomic E-state index is 0.149. The molecule has 0 fully saturated rings. The third-order valence-corrected chi connectivity index (χ3v) is 6.07. The second kappa shape index (κ2) is 10.6. The summed E-state index contributed by atoms with van der Waals surface area (Å²) in [6.07, 6.45) is 0.103. The van der Waals surface area contributed by atoms with Crippen LogP contribution in [0.25, 0.3) is 10.8 Å². The van der Waals surface area contributed by atoms with Gasteiger partial charge >= 0.3 is 6.09 Å². The number of thiophene rings is 1. The van der Waals surface area contributed by atoms with Gasteiger partial charge in [0.25, 0.3) is 5.56 Å². The van der Waals surface area contributed by atoms with Gasteiger partial charge in [-0.2, -0.15) is 5.10 Å². The number of amides is 1. The molecule has 7 nitrogen and oxygen atoms in total. The molecule has 0 saturated heterocycles. The van der Waals surface area contributed by atoms with Gasteiger partial charge in [-0.25, -0.2) is 9.48 Å². The average Bonchev–Trinajstić information content (AvgIpc) is 3.33. The highest BCUT2D eigenvalue weighted by molar-refractivity contribution is 7.11. The molecule has 0 aliphatic carbocycles. The van der Waals surface area contributed by atoms with Crippen LogP contribution in [0, 0.1) is 0 Å². The summed E-state index contributed by atoms with van der Waals surface area (Å²) < 4.78 is 6.94. The number of nitrogens with two attached hydrogens (primary N) is 1. The van der Waals surface area contributed by atoms with Gasteiger partial charge in [0, 0.05) is 17.0 Å². The molecule has 2 heterocycles. The van der Waals surface area contributed by atoms with Crippen molar-refractivity contribution in [1.29, 1.82) is 0 Å². The zero-order valence-corrected chi connectivity index (χ0v) is 19.4. The van der Waals surface area contributed by atoms with Crippen LogP contribution in [0.3, 0.4) is 0 Å². The zero-order valence-electron chi connectivity index (χ0n) is 17.8. The van der Waals surface area contributed by atoms with Crippen molar-refractivity contribution >= 4 is 39.8 Å². The van der Waals surface area contributed by atoms with E-state index in [1.54, 1.807) is 29.2 Å². The quantitative estimate of drug-likeness (QED) is 0.399. The molecule has 33 heavy (non-hydrogen) atoms. The first kappa shape index (κ1) is 23.0. The molecule has 2 N–H and O–H groups in total. The third kappa shape index (κ3) is 5.60. The van der Waals surface area contributed by atoms with Crippen LogP contribution in [0.1, 0.15) is 17.7 Å². The van der Waals surface area contributed by atoms with Crippen LogP contribution >= 0.6 is 22.9 Å². The number of nitrogens with zero attached hydrogens (tertiary/aromatic N) is 3. The molecule has 0 unspecified atom stereocenters. The first-order chi connectivity index (χ1) is 16.0. The lowest BCUT2D eigenvalue weighted by atomic mass is 10.1. The molecule has 9 heteroatoms. The van der Waals surface area contributed by atoms with Gasteiger partial charge in [-0.05, 0) is 54.2 Å². The predicted octanol–water partition coefficient (Wildman–Crippen LogP) is 4.51. The molecule has 4 rings (SSSR count). The number of hydrogen-bond donors (Lipinski definition) is 1.